The zero-order valence-corrected chi connectivity index (χ0v) is 17.6. The van der Waals surface area contributed by atoms with E-state index in [0.717, 1.165) is 0 Å². The van der Waals surface area contributed by atoms with Gasteiger partial charge in [-0.25, -0.2) is 9.78 Å². The van der Waals surface area contributed by atoms with Crippen LogP contribution in [0.15, 0.2) is 46.7 Å². The number of amides is 3. The third-order valence-electron chi connectivity index (χ3n) is 3.71. The number of thioether (sulfide) groups is 1. The summed E-state index contributed by atoms with van der Waals surface area (Å²) in [5.41, 5.74) is 1.55. The molecule has 0 atom stereocenters. The SMILES string of the molecule is CC(C)NC(=O)Nc1ccccc1NC(=O)CSCc1cc(=O)n2ccsc2n1. The molecule has 0 saturated carbocycles. The molecule has 0 spiro atoms. The van der Waals surface area contributed by atoms with Gasteiger partial charge in [0.1, 0.15) is 0 Å². The second kappa shape index (κ2) is 9.57. The van der Waals surface area contributed by atoms with Gasteiger partial charge in [-0.1, -0.05) is 12.1 Å². The van der Waals surface area contributed by atoms with E-state index in [9.17, 15) is 14.4 Å². The van der Waals surface area contributed by atoms with Crippen molar-refractivity contribution < 1.29 is 9.59 Å². The van der Waals surface area contributed by atoms with Crippen molar-refractivity contribution in [2.24, 2.45) is 0 Å². The van der Waals surface area contributed by atoms with E-state index >= 15 is 0 Å². The summed E-state index contributed by atoms with van der Waals surface area (Å²) < 4.78 is 1.49. The van der Waals surface area contributed by atoms with E-state index in [1.54, 1.807) is 35.8 Å². The maximum Gasteiger partial charge on any atom is 0.319 e. The molecule has 10 heteroatoms. The zero-order valence-electron chi connectivity index (χ0n) is 16.0. The lowest BCUT2D eigenvalue weighted by molar-refractivity contribution is -0.113. The number of carbonyl (C=O) groups is 2. The number of carbonyl (C=O) groups excluding carboxylic acids is 2. The molecule has 152 valence electrons. The number of benzene rings is 1. The van der Waals surface area contributed by atoms with Gasteiger partial charge in [0, 0.05) is 29.4 Å². The van der Waals surface area contributed by atoms with Crippen molar-refractivity contribution >= 4 is 51.4 Å². The first-order chi connectivity index (χ1) is 13.9. The molecule has 0 fully saturated rings. The summed E-state index contributed by atoms with van der Waals surface area (Å²) in [5, 5.41) is 10.1. The van der Waals surface area contributed by atoms with E-state index in [-0.39, 0.29) is 29.3 Å². The fraction of sp³-hybridized carbons (Fsp3) is 0.263. The summed E-state index contributed by atoms with van der Waals surface area (Å²) in [6.45, 7) is 3.73. The monoisotopic (exact) mass is 431 g/mol. The van der Waals surface area contributed by atoms with Gasteiger partial charge >= 0.3 is 6.03 Å². The number of rotatable bonds is 7. The molecule has 0 unspecified atom stereocenters. The average Bonchev–Trinajstić information content (AvgIpc) is 3.12. The Morgan fingerprint density at radius 2 is 1.93 bits per heavy atom. The fourth-order valence-corrected chi connectivity index (χ4v) is 3.97. The van der Waals surface area contributed by atoms with E-state index in [1.807, 2.05) is 13.8 Å². The summed E-state index contributed by atoms with van der Waals surface area (Å²) in [6.07, 6.45) is 1.69. The Bertz CT molecular complexity index is 1080. The minimum Gasteiger partial charge on any atom is -0.336 e. The third-order valence-corrected chi connectivity index (χ3v) is 5.43. The van der Waals surface area contributed by atoms with Crippen molar-refractivity contribution in [3.63, 3.8) is 0 Å². The minimum absolute atomic E-state index is 0.00296. The molecule has 2 aromatic heterocycles. The second-order valence-electron chi connectivity index (χ2n) is 6.48. The van der Waals surface area contributed by atoms with Crippen molar-refractivity contribution in [2.45, 2.75) is 25.6 Å². The molecule has 0 bridgehead atoms. The van der Waals surface area contributed by atoms with E-state index in [4.69, 9.17) is 0 Å². The standard InChI is InChI=1S/C19H21N5O3S2/c1-12(2)20-18(27)23-15-6-4-3-5-14(15)22-16(25)11-28-10-13-9-17(26)24-7-8-29-19(24)21-13/h3-9,12H,10-11H2,1-2H3,(H,22,25)(H2,20,23,27). The molecule has 0 aliphatic carbocycles. The van der Waals surface area contributed by atoms with Crippen LogP contribution in [0.1, 0.15) is 19.5 Å². The lowest BCUT2D eigenvalue weighted by atomic mass is 10.2. The second-order valence-corrected chi connectivity index (χ2v) is 8.34. The molecule has 3 aromatic rings. The fourth-order valence-electron chi connectivity index (χ4n) is 2.52. The number of urea groups is 1. The molecule has 29 heavy (non-hydrogen) atoms. The number of nitrogens with one attached hydrogen (secondary N) is 3. The summed E-state index contributed by atoms with van der Waals surface area (Å²) in [7, 11) is 0. The van der Waals surface area contributed by atoms with Crippen LogP contribution in [0.4, 0.5) is 16.2 Å². The molecule has 1 aromatic carbocycles. The van der Waals surface area contributed by atoms with Crippen LogP contribution in [0.2, 0.25) is 0 Å². The van der Waals surface area contributed by atoms with Crippen LogP contribution in [0.3, 0.4) is 0 Å². The minimum atomic E-state index is -0.336. The number of thiazole rings is 1. The highest BCUT2D eigenvalue weighted by Crippen LogP contribution is 2.21. The molecule has 3 rings (SSSR count). The van der Waals surface area contributed by atoms with Crippen molar-refractivity contribution in [1.29, 1.82) is 0 Å². The number of para-hydroxylation sites is 2. The van der Waals surface area contributed by atoms with E-state index in [1.165, 1.54) is 33.6 Å². The maximum absolute atomic E-state index is 12.3. The van der Waals surface area contributed by atoms with Crippen LogP contribution in [0.25, 0.3) is 4.96 Å². The largest absolute Gasteiger partial charge is 0.336 e. The van der Waals surface area contributed by atoms with Crippen LogP contribution in [-0.4, -0.2) is 33.1 Å². The van der Waals surface area contributed by atoms with Gasteiger partial charge in [-0.05, 0) is 26.0 Å². The zero-order chi connectivity index (χ0) is 20.8. The van der Waals surface area contributed by atoms with Gasteiger partial charge < -0.3 is 16.0 Å². The van der Waals surface area contributed by atoms with Crippen molar-refractivity contribution in [3.8, 4) is 0 Å². The van der Waals surface area contributed by atoms with Gasteiger partial charge in [-0.15, -0.1) is 23.1 Å². The number of hydrogen-bond acceptors (Lipinski definition) is 6. The summed E-state index contributed by atoms with van der Waals surface area (Å²) in [5.74, 6) is 0.439. The highest BCUT2D eigenvalue weighted by molar-refractivity contribution is 7.99. The lowest BCUT2D eigenvalue weighted by Gasteiger charge is -2.14. The predicted molar refractivity (Wildman–Crippen MR) is 118 cm³/mol. The molecule has 0 aliphatic rings. The van der Waals surface area contributed by atoms with E-state index in [2.05, 4.69) is 20.9 Å². The molecule has 3 N–H and O–H groups in total. The van der Waals surface area contributed by atoms with Crippen LogP contribution in [0.5, 0.6) is 0 Å². The molecule has 2 heterocycles. The first-order valence-electron chi connectivity index (χ1n) is 8.92. The smallest absolute Gasteiger partial charge is 0.319 e. The van der Waals surface area contributed by atoms with E-state index in [0.29, 0.717) is 27.8 Å². The number of nitrogens with zero attached hydrogens (tertiary/aromatic N) is 2. The van der Waals surface area contributed by atoms with Crippen LogP contribution in [0, 0.1) is 0 Å². The Labute approximate surface area is 175 Å². The van der Waals surface area contributed by atoms with Gasteiger partial charge in [0.2, 0.25) is 5.91 Å². The van der Waals surface area contributed by atoms with Crippen LogP contribution >= 0.6 is 23.1 Å². The predicted octanol–water partition coefficient (Wildman–Crippen LogP) is 3.16. The number of fused-ring (bicyclic) bond motifs is 1. The Kier molecular flexibility index (Phi) is 6.89. The number of anilines is 2. The quantitative estimate of drug-likeness (QED) is 0.533. The Morgan fingerprint density at radius 3 is 2.66 bits per heavy atom. The third kappa shape index (κ3) is 5.81. The van der Waals surface area contributed by atoms with Gasteiger partial charge in [0.05, 0.1) is 22.8 Å². The molecule has 0 radical (unpaired) electrons. The Balaban J connectivity index is 1.55. The Hall–Kier alpha value is -2.85. The molecule has 8 nitrogen and oxygen atoms in total. The van der Waals surface area contributed by atoms with Crippen molar-refractivity contribution in [3.05, 3.63) is 58.0 Å². The van der Waals surface area contributed by atoms with Gasteiger partial charge in [-0.3, -0.25) is 14.0 Å². The van der Waals surface area contributed by atoms with Gasteiger partial charge in [0.25, 0.3) is 5.56 Å². The lowest BCUT2D eigenvalue weighted by Crippen LogP contribution is -2.34. The topological polar surface area (TPSA) is 105 Å². The molecule has 0 saturated heterocycles. The molecule has 3 amide bonds. The van der Waals surface area contributed by atoms with Crippen molar-refractivity contribution in [1.82, 2.24) is 14.7 Å². The van der Waals surface area contributed by atoms with E-state index < -0.39 is 0 Å². The highest BCUT2D eigenvalue weighted by Gasteiger charge is 2.11. The summed E-state index contributed by atoms with van der Waals surface area (Å²) in [6, 6.07) is 8.15. The summed E-state index contributed by atoms with van der Waals surface area (Å²) in [4.78, 5) is 41.3. The number of hydrogen-bond donors (Lipinski definition) is 3. The number of aromatic nitrogens is 2. The normalized spacial score (nSPS) is 10.9. The van der Waals surface area contributed by atoms with Gasteiger partial charge in [0.15, 0.2) is 4.96 Å². The first-order valence-corrected chi connectivity index (χ1v) is 11.0. The average molecular weight is 432 g/mol. The highest BCUT2D eigenvalue weighted by atomic mass is 32.2. The van der Waals surface area contributed by atoms with Crippen molar-refractivity contribution in [2.75, 3.05) is 16.4 Å². The van der Waals surface area contributed by atoms with Gasteiger partial charge in [-0.2, -0.15) is 0 Å². The molecular formula is C19H21N5O3S2. The molecule has 0 aliphatic heterocycles. The summed E-state index contributed by atoms with van der Waals surface area (Å²) >= 11 is 2.75. The maximum atomic E-state index is 12.3. The molecular weight excluding hydrogens is 410 g/mol. The first kappa shape index (κ1) is 20.9. The Morgan fingerprint density at radius 1 is 1.21 bits per heavy atom. The van der Waals surface area contributed by atoms with Crippen LogP contribution in [-0.2, 0) is 10.5 Å². The van der Waals surface area contributed by atoms with Crippen LogP contribution < -0.4 is 21.5 Å².